The van der Waals surface area contributed by atoms with Crippen molar-refractivity contribution in [1.82, 2.24) is 0 Å². The van der Waals surface area contributed by atoms with Crippen molar-refractivity contribution in [2.45, 2.75) is 43.0 Å². The Morgan fingerprint density at radius 3 is 2.55 bits per heavy atom. The molecule has 2 N–H and O–H groups in total. The molecular formula is C17H20FNS. The van der Waals surface area contributed by atoms with Crippen molar-refractivity contribution in [1.29, 1.82) is 0 Å². The third-order valence-corrected chi connectivity index (χ3v) is 4.40. The molecule has 0 amide bonds. The monoisotopic (exact) mass is 289 g/mol. The van der Waals surface area contributed by atoms with Crippen LogP contribution < -0.4 is 5.73 Å². The normalized spacial score (nSPS) is 12.4. The van der Waals surface area contributed by atoms with Gasteiger partial charge in [-0.25, -0.2) is 4.39 Å². The Bertz CT molecular complexity index is 608. The maximum absolute atomic E-state index is 14.0. The van der Waals surface area contributed by atoms with Gasteiger partial charge in [0, 0.05) is 21.4 Å². The lowest BCUT2D eigenvalue weighted by molar-refractivity contribution is 0.588. The molecule has 2 rings (SSSR count). The van der Waals surface area contributed by atoms with Gasteiger partial charge in [0.05, 0.1) is 0 Å². The molecule has 0 aliphatic heterocycles. The summed E-state index contributed by atoms with van der Waals surface area (Å²) >= 11 is 1.60. The third-order valence-electron chi connectivity index (χ3n) is 3.31. The van der Waals surface area contributed by atoms with Gasteiger partial charge in [-0.05, 0) is 62.6 Å². The molecule has 2 aromatic rings. The van der Waals surface area contributed by atoms with Gasteiger partial charge in [-0.3, -0.25) is 0 Å². The zero-order chi connectivity index (χ0) is 14.7. The van der Waals surface area contributed by atoms with Gasteiger partial charge < -0.3 is 5.73 Å². The highest BCUT2D eigenvalue weighted by molar-refractivity contribution is 7.99. The maximum atomic E-state index is 14.0. The molecule has 0 fully saturated rings. The van der Waals surface area contributed by atoms with Gasteiger partial charge in [0.1, 0.15) is 5.82 Å². The molecule has 20 heavy (non-hydrogen) atoms. The van der Waals surface area contributed by atoms with Crippen molar-refractivity contribution in [2.75, 3.05) is 0 Å². The van der Waals surface area contributed by atoms with E-state index in [-0.39, 0.29) is 11.9 Å². The van der Waals surface area contributed by atoms with Crippen molar-refractivity contribution in [3.8, 4) is 0 Å². The van der Waals surface area contributed by atoms with Crippen LogP contribution in [0.3, 0.4) is 0 Å². The molecule has 1 unspecified atom stereocenters. The molecule has 3 heteroatoms. The summed E-state index contributed by atoms with van der Waals surface area (Å²) < 4.78 is 14.0. The lowest BCUT2D eigenvalue weighted by Crippen LogP contribution is -2.19. The summed E-state index contributed by atoms with van der Waals surface area (Å²) in [5.74, 6) is -0.170. The van der Waals surface area contributed by atoms with Crippen molar-refractivity contribution in [2.24, 2.45) is 5.73 Å². The maximum Gasteiger partial charge on any atom is 0.127 e. The highest BCUT2D eigenvalue weighted by Gasteiger charge is 2.11. The Morgan fingerprint density at radius 2 is 1.90 bits per heavy atom. The molecule has 0 aliphatic rings. The first-order valence-electron chi connectivity index (χ1n) is 6.75. The first kappa shape index (κ1) is 15.1. The topological polar surface area (TPSA) is 26.0 Å². The molecule has 0 saturated carbocycles. The van der Waals surface area contributed by atoms with Crippen molar-refractivity contribution < 1.29 is 4.39 Å². The molecule has 0 spiro atoms. The minimum absolute atomic E-state index is 0.0500. The summed E-state index contributed by atoms with van der Waals surface area (Å²) in [6.45, 7) is 6.08. The van der Waals surface area contributed by atoms with Crippen molar-refractivity contribution in [3.63, 3.8) is 0 Å². The Kier molecular flexibility index (Phi) is 4.84. The van der Waals surface area contributed by atoms with E-state index in [1.165, 1.54) is 17.2 Å². The van der Waals surface area contributed by atoms with E-state index in [1.54, 1.807) is 17.8 Å². The Hall–Kier alpha value is -1.32. The van der Waals surface area contributed by atoms with E-state index < -0.39 is 0 Å². The van der Waals surface area contributed by atoms with Crippen LogP contribution >= 0.6 is 11.8 Å². The van der Waals surface area contributed by atoms with E-state index >= 15 is 0 Å². The number of benzene rings is 2. The molecule has 0 heterocycles. The number of halogens is 1. The van der Waals surface area contributed by atoms with Crippen LogP contribution in [0, 0.1) is 19.7 Å². The molecule has 0 saturated heterocycles. The minimum atomic E-state index is -0.170. The van der Waals surface area contributed by atoms with Crippen LogP contribution in [-0.2, 0) is 6.42 Å². The van der Waals surface area contributed by atoms with Crippen LogP contribution in [0.1, 0.15) is 23.6 Å². The number of rotatable bonds is 4. The SMILES string of the molecule is Cc1ccc(Sc2cccc(F)c2CC(C)N)cc1C. The van der Waals surface area contributed by atoms with E-state index in [0.29, 0.717) is 12.0 Å². The summed E-state index contributed by atoms with van der Waals surface area (Å²) in [4.78, 5) is 2.08. The Morgan fingerprint density at radius 1 is 1.15 bits per heavy atom. The molecule has 0 aromatic heterocycles. The van der Waals surface area contributed by atoms with Gasteiger partial charge in [-0.2, -0.15) is 0 Å². The van der Waals surface area contributed by atoms with Crippen LogP contribution in [0.15, 0.2) is 46.2 Å². The average molecular weight is 289 g/mol. The summed E-state index contributed by atoms with van der Waals surface area (Å²) in [5.41, 5.74) is 9.06. The van der Waals surface area contributed by atoms with E-state index in [1.807, 2.05) is 13.0 Å². The average Bonchev–Trinajstić information content (AvgIpc) is 2.38. The van der Waals surface area contributed by atoms with E-state index in [0.717, 1.165) is 9.79 Å². The first-order chi connectivity index (χ1) is 9.47. The Balaban J connectivity index is 2.32. The van der Waals surface area contributed by atoms with E-state index in [2.05, 4.69) is 32.0 Å². The predicted octanol–water partition coefficient (Wildman–Crippen LogP) is 4.48. The molecule has 0 aliphatic carbocycles. The van der Waals surface area contributed by atoms with Gasteiger partial charge >= 0.3 is 0 Å². The number of hydrogen-bond acceptors (Lipinski definition) is 2. The number of nitrogens with two attached hydrogens (primary N) is 1. The summed E-state index contributed by atoms with van der Waals surface area (Å²) in [6.07, 6.45) is 0.555. The highest BCUT2D eigenvalue weighted by atomic mass is 32.2. The summed E-state index contributed by atoms with van der Waals surface area (Å²) in [7, 11) is 0. The molecule has 2 aromatic carbocycles. The first-order valence-corrected chi connectivity index (χ1v) is 7.57. The molecule has 106 valence electrons. The molecule has 0 radical (unpaired) electrons. The molecule has 0 bridgehead atoms. The van der Waals surface area contributed by atoms with Crippen LogP contribution in [0.4, 0.5) is 4.39 Å². The largest absolute Gasteiger partial charge is 0.328 e. The predicted molar refractivity (Wildman–Crippen MR) is 83.8 cm³/mol. The van der Waals surface area contributed by atoms with Gasteiger partial charge in [0.15, 0.2) is 0 Å². The number of aryl methyl sites for hydroxylation is 2. The van der Waals surface area contributed by atoms with Crippen LogP contribution in [0.25, 0.3) is 0 Å². The standard InChI is InChI=1S/C17H20FNS/c1-11-7-8-14(9-12(11)2)20-17-6-4-5-16(18)15(17)10-13(3)19/h4-9,13H,10,19H2,1-3H3. The fourth-order valence-electron chi connectivity index (χ4n) is 2.06. The third kappa shape index (κ3) is 3.62. The second-order valence-corrected chi connectivity index (χ2v) is 6.36. The summed E-state index contributed by atoms with van der Waals surface area (Å²) in [5, 5.41) is 0. The minimum Gasteiger partial charge on any atom is -0.328 e. The zero-order valence-electron chi connectivity index (χ0n) is 12.1. The van der Waals surface area contributed by atoms with Crippen LogP contribution in [-0.4, -0.2) is 6.04 Å². The lowest BCUT2D eigenvalue weighted by atomic mass is 10.1. The van der Waals surface area contributed by atoms with Crippen molar-refractivity contribution >= 4 is 11.8 Å². The van der Waals surface area contributed by atoms with Gasteiger partial charge in [-0.15, -0.1) is 0 Å². The fourth-order valence-corrected chi connectivity index (χ4v) is 3.14. The second kappa shape index (κ2) is 6.42. The highest BCUT2D eigenvalue weighted by Crippen LogP contribution is 2.33. The Labute approximate surface area is 124 Å². The van der Waals surface area contributed by atoms with Crippen LogP contribution in [0.2, 0.25) is 0 Å². The smallest absolute Gasteiger partial charge is 0.127 e. The quantitative estimate of drug-likeness (QED) is 0.898. The van der Waals surface area contributed by atoms with E-state index in [9.17, 15) is 4.39 Å². The molecular weight excluding hydrogens is 269 g/mol. The summed E-state index contributed by atoms with van der Waals surface area (Å²) in [6, 6.07) is 11.5. The fraction of sp³-hybridized carbons (Fsp3) is 0.294. The molecule has 1 nitrogen and oxygen atoms in total. The second-order valence-electron chi connectivity index (χ2n) is 5.25. The van der Waals surface area contributed by atoms with Crippen LogP contribution in [0.5, 0.6) is 0 Å². The molecule has 1 atom stereocenters. The van der Waals surface area contributed by atoms with Gasteiger partial charge in [-0.1, -0.05) is 23.9 Å². The van der Waals surface area contributed by atoms with E-state index in [4.69, 9.17) is 5.73 Å². The lowest BCUT2D eigenvalue weighted by Gasteiger charge is -2.13. The number of hydrogen-bond donors (Lipinski definition) is 1. The van der Waals surface area contributed by atoms with Gasteiger partial charge in [0.25, 0.3) is 0 Å². The van der Waals surface area contributed by atoms with Crippen molar-refractivity contribution in [3.05, 3.63) is 58.9 Å². The van der Waals surface area contributed by atoms with Gasteiger partial charge in [0.2, 0.25) is 0 Å². The zero-order valence-corrected chi connectivity index (χ0v) is 12.9.